The molecule has 2 aromatic rings. The van der Waals surface area contributed by atoms with Gasteiger partial charge in [0, 0.05) is 23.8 Å². The molecule has 0 N–H and O–H groups in total. The van der Waals surface area contributed by atoms with E-state index < -0.39 is 0 Å². The largest absolute Gasteiger partial charge is 0.370 e. The molecule has 0 bridgehead atoms. The number of halogens is 1. The van der Waals surface area contributed by atoms with Gasteiger partial charge >= 0.3 is 0 Å². The van der Waals surface area contributed by atoms with Gasteiger partial charge in [-0.25, -0.2) is 0 Å². The van der Waals surface area contributed by atoms with Gasteiger partial charge in [-0.05, 0) is 23.8 Å². The first-order valence-corrected chi connectivity index (χ1v) is 6.05. The van der Waals surface area contributed by atoms with E-state index in [1.165, 1.54) is 11.3 Å². The van der Waals surface area contributed by atoms with Crippen molar-refractivity contribution in [3.8, 4) is 0 Å². The zero-order valence-electron chi connectivity index (χ0n) is 9.23. The Bertz CT molecular complexity index is 453. The Morgan fingerprint density at radius 2 is 1.75 bits per heavy atom. The smallest absolute Gasteiger partial charge is 0.0426 e. The maximum atomic E-state index is 3.49. The molecule has 0 radical (unpaired) electrons. The molecule has 0 aliphatic rings. The molecule has 0 heterocycles. The average molecular weight is 276 g/mol. The van der Waals surface area contributed by atoms with Gasteiger partial charge in [0.05, 0.1) is 0 Å². The van der Waals surface area contributed by atoms with Gasteiger partial charge in [0.25, 0.3) is 0 Å². The summed E-state index contributed by atoms with van der Waals surface area (Å²) in [5, 5.41) is 0. The highest BCUT2D eigenvalue weighted by atomic mass is 79.9. The predicted molar refractivity (Wildman–Crippen MR) is 72.7 cm³/mol. The second-order valence-corrected chi connectivity index (χ2v) is 4.74. The molecule has 2 aromatic carbocycles. The van der Waals surface area contributed by atoms with Gasteiger partial charge in [0.1, 0.15) is 0 Å². The SMILES string of the molecule is CN(Cc1ccccc1)c1cccc(Br)c1. The van der Waals surface area contributed by atoms with Gasteiger partial charge in [-0.2, -0.15) is 0 Å². The van der Waals surface area contributed by atoms with Crippen LogP contribution in [0, 0.1) is 0 Å². The number of hydrogen-bond donors (Lipinski definition) is 0. The Morgan fingerprint density at radius 1 is 1.00 bits per heavy atom. The molecular weight excluding hydrogens is 262 g/mol. The number of hydrogen-bond acceptors (Lipinski definition) is 1. The van der Waals surface area contributed by atoms with Crippen LogP contribution in [0.1, 0.15) is 5.56 Å². The van der Waals surface area contributed by atoms with Crippen molar-refractivity contribution in [2.45, 2.75) is 6.54 Å². The second kappa shape index (κ2) is 5.17. The van der Waals surface area contributed by atoms with Gasteiger partial charge < -0.3 is 4.90 Å². The van der Waals surface area contributed by atoms with Crippen molar-refractivity contribution in [2.75, 3.05) is 11.9 Å². The van der Waals surface area contributed by atoms with Crippen molar-refractivity contribution in [3.63, 3.8) is 0 Å². The van der Waals surface area contributed by atoms with E-state index in [4.69, 9.17) is 0 Å². The zero-order chi connectivity index (χ0) is 11.4. The number of anilines is 1. The minimum absolute atomic E-state index is 0.928. The van der Waals surface area contributed by atoms with E-state index in [1.54, 1.807) is 0 Å². The lowest BCUT2D eigenvalue weighted by atomic mass is 10.2. The number of nitrogens with zero attached hydrogens (tertiary/aromatic N) is 1. The van der Waals surface area contributed by atoms with Crippen LogP contribution in [0.5, 0.6) is 0 Å². The summed E-state index contributed by atoms with van der Waals surface area (Å²) >= 11 is 3.49. The van der Waals surface area contributed by atoms with Crippen molar-refractivity contribution in [3.05, 3.63) is 64.6 Å². The van der Waals surface area contributed by atoms with Crippen LogP contribution in [0.3, 0.4) is 0 Å². The summed E-state index contributed by atoms with van der Waals surface area (Å²) in [6.07, 6.45) is 0. The lowest BCUT2D eigenvalue weighted by Gasteiger charge is -2.19. The number of rotatable bonds is 3. The van der Waals surface area contributed by atoms with Crippen LogP contribution in [-0.2, 0) is 6.54 Å². The van der Waals surface area contributed by atoms with E-state index in [9.17, 15) is 0 Å². The summed E-state index contributed by atoms with van der Waals surface area (Å²) in [6, 6.07) is 18.8. The Balaban J connectivity index is 2.12. The summed E-state index contributed by atoms with van der Waals surface area (Å²) in [7, 11) is 2.11. The van der Waals surface area contributed by atoms with E-state index in [1.807, 2.05) is 12.1 Å². The van der Waals surface area contributed by atoms with Crippen LogP contribution in [0.4, 0.5) is 5.69 Å². The van der Waals surface area contributed by atoms with E-state index in [0.29, 0.717) is 0 Å². The van der Waals surface area contributed by atoms with Crippen LogP contribution in [0.15, 0.2) is 59.1 Å². The van der Waals surface area contributed by atoms with Crippen LogP contribution in [0.25, 0.3) is 0 Å². The fourth-order valence-electron chi connectivity index (χ4n) is 1.66. The molecule has 2 rings (SSSR count). The van der Waals surface area contributed by atoms with Crippen LogP contribution in [0.2, 0.25) is 0 Å². The summed E-state index contributed by atoms with van der Waals surface area (Å²) in [6.45, 7) is 0.928. The van der Waals surface area contributed by atoms with E-state index in [0.717, 1.165) is 11.0 Å². The third kappa shape index (κ3) is 2.86. The molecule has 0 atom stereocenters. The van der Waals surface area contributed by atoms with Crippen molar-refractivity contribution in [2.24, 2.45) is 0 Å². The molecule has 0 saturated carbocycles. The van der Waals surface area contributed by atoms with Crippen molar-refractivity contribution in [1.29, 1.82) is 0 Å². The fraction of sp³-hybridized carbons (Fsp3) is 0.143. The summed E-state index contributed by atoms with van der Waals surface area (Å²) < 4.78 is 1.12. The molecular formula is C14H14BrN. The summed E-state index contributed by atoms with van der Waals surface area (Å²) in [5.41, 5.74) is 2.54. The number of benzene rings is 2. The molecule has 16 heavy (non-hydrogen) atoms. The van der Waals surface area contributed by atoms with E-state index >= 15 is 0 Å². The maximum absolute atomic E-state index is 3.49. The molecule has 0 saturated heterocycles. The lowest BCUT2D eigenvalue weighted by Crippen LogP contribution is -2.16. The van der Waals surface area contributed by atoms with Gasteiger partial charge in [0.15, 0.2) is 0 Å². The molecule has 0 aliphatic heterocycles. The van der Waals surface area contributed by atoms with Gasteiger partial charge in [-0.1, -0.05) is 52.3 Å². The zero-order valence-corrected chi connectivity index (χ0v) is 10.8. The minimum atomic E-state index is 0.928. The van der Waals surface area contributed by atoms with Gasteiger partial charge in [0.2, 0.25) is 0 Å². The molecule has 82 valence electrons. The maximum Gasteiger partial charge on any atom is 0.0426 e. The van der Waals surface area contributed by atoms with Crippen molar-refractivity contribution < 1.29 is 0 Å². The Hall–Kier alpha value is -1.28. The standard InChI is InChI=1S/C14H14BrN/c1-16(11-12-6-3-2-4-7-12)14-9-5-8-13(15)10-14/h2-10H,11H2,1H3. The van der Waals surface area contributed by atoms with Gasteiger partial charge in [-0.15, -0.1) is 0 Å². The minimum Gasteiger partial charge on any atom is -0.370 e. The predicted octanol–water partition coefficient (Wildman–Crippen LogP) is 4.09. The first kappa shape index (κ1) is 11.2. The Morgan fingerprint density at radius 3 is 2.44 bits per heavy atom. The van der Waals surface area contributed by atoms with Crippen LogP contribution in [-0.4, -0.2) is 7.05 Å². The van der Waals surface area contributed by atoms with E-state index in [2.05, 4.69) is 70.3 Å². The summed E-state index contributed by atoms with van der Waals surface area (Å²) in [4.78, 5) is 2.24. The topological polar surface area (TPSA) is 3.24 Å². The fourth-order valence-corrected chi connectivity index (χ4v) is 2.05. The highest BCUT2D eigenvalue weighted by Crippen LogP contribution is 2.20. The molecule has 0 unspecified atom stereocenters. The monoisotopic (exact) mass is 275 g/mol. The Kier molecular flexibility index (Phi) is 3.62. The molecule has 0 aliphatic carbocycles. The first-order chi connectivity index (χ1) is 7.75. The Labute approximate surface area is 105 Å². The highest BCUT2D eigenvalue weighted by Gasteiger charge is 2.01. The third-order valence-corrected chi connectivity index (χ3v) is 3.00. The molecule has 2 heteroatoms. The highest BCUT2D eigenvalue weighted by molar-refractivity contribution is 9.10. The van der Waals surface area contributed by atoms with Crippen LogP contribution < -0.4 is 4.90 Å². The van der Waals surface area contributed by atoms with Crippen molar-refractivity contribution >= 4 is 21.6 Å². The van der Waals surface area contributed by atoms with Crippen LogP contribution >= 0.6 is 15.9 Å². The summed E-state index contributed by atoms with van der Waals surface area (Å²) in [5.74, 6) is 0. The molecule has 0 fully saturated rings. The molecule has 1 nitrogen and oxygen atoms in total. The lowest BCUT2D eigenvalue weighted by molar-refractivity contribution is 0.923. The molecule has 0 aromatic heterocycles. The van der Waals surface area contributed by atoms with Gasteiger partial charge in [-0.3, -0.25) is 0 Å². The van der Waals surface area contributed by atoms with E-state index in [-0.39, 0.29) is 0 Å². The quantitative estimate of drug-likeness (QED) is 0.816. The molecule has 0 spiro atoms. The second-order valence-electron chi connectivity index (χ2n) is 3.82. The average Bonchev–Trinajstić information content (AvgIpc) is 2.30. The van der Waals surface area contributed by atoms with Crippen molar-refractivity contribution in [1.82, 2.24) is 0 Å². The molecule has 0 amide bonds. The normalized spacial score (nSPS) is 10.1. The third-order valence-electron chi connectivity index (χ3n) is 2.51. The first-order valence-electron chi connectivity index (χ1n) is 5.26.